The van der Waals surface area contributed by atoms with Crippen LogP contribution in [0.3, 0.4) is 0 Å². The summed E-state index contributed by atoms with van der Waals surface area (Å²) in [5.74, 6) is 0.800. The van der Waals surface area contributed by atoms with E-state index in [4.69, 9.17) is 4.74 Å². The highest BCUT2D eigenvalue weighted by molar-refractivity contribution is 5.98. The Balaban J connectivity index is 1.57. The molecule has 3 N–H and O–H groups in total. The molecule has 26 heavy (non-hydrogen) atoms. The summed E-state index contributed by atoms with van der Waals surface area (Å²) in [5.41, 5.74) is 3.12. The maximum absolute atomic E-state index is 12.2. The Bertz CT molecular complexity index is 798. The first-order chi connectivity index (χ1) is 12.6. The van der Waals surface area contributed by atoms with Crippen LogP contribution in [0.4, 0.5) is 17.1 Å². The summed E-state index contributed by atoms with van der Waals surface area (Å²) in [6.45, 7) is 2.03. The Kier molecular flexibility index (Phi) is 5.41. The molecule has 1 aliphatic rings. The second-order valence-corrected chi connectivity index (χ2v) is 6.37. The summed E-state index contributed by atoms with van der Waals surface area (Å²) >= 11 is 0. The number of carbonyl (C=O) groups is 2. The van der Waals surface area contributed by atoms with E-state index in [1.807, 2.05) is 49.4 Å². The third-order valence-electron chi connectivity index (χ3n) is 4.36. The zero-order valence-corrected chi connectivity index (χ0v) is 15.0. The van der Waals surface area contributed by atoms with Crippen LogP contribution in [0.1, 0.15) is 18.4 Å². The SMILES string of the molecule is COc1ccc(NCC(=O)Nc2cccc(NC(=O)C3CC3)c2C)cc1. The monoisotopic (exact) mass is 353 g/mol. The molecule has 0 heterocycles. The zero-order chi connectivity index (χ0) is 18.5. The fourth-order valence-corrected chi connectivity index (χ4v) is 2.57. The van der Waals surface area contributed by atoms with E-state index in [1.54, 1.807) is 7.11 Å². The number of benzene rings is 2. The molecule has 0 unspecified atom stereocenters. The minimum atomic E-state index is -0.158. The van der Waals surface area contributed by atoms with Crippen LogP contribution < -0.4 is 20.7 Å². The lowest BCUT2D eigenvalue weighted by molar-refractivity contribution is -0.117. The number of hydrogen-bond donors (Lipinski definition) is 3. The van der Waals surface area contributed by atoms with Crippen molar-refractivity contribution < 1.29 is 14.3 Å². The molecule has 0 aliphatic heterocycles. The largest absolute Gasteiger partial charge is 0.497 e. The molecule has 6 nitrogen and oxygen atoms in total. The predicted molar refractivity (Wildman–Crippen MR) is 103 cm³/mol. The van der Waals surface area contributed by atoms with Gasteiger partial charge < -0.3 is 20.7 Å². The van der Waals surface area contributed by atoms with Crippen molar-refractivity contribution in [2.45, 2.75) is 19.8 Å². The molecule has 0 aromatic heterocycles. The minimum absolute atomic E-state index is 0.0535. The van der Waals surface area contributed by atoms with Gasteiger partial charge in [-0.2, -0.15) is 0 Å². The van der Waals surface area contributed by atoms with Gasteiger partial charge in [0.2, 0.25) is 11.8 Å². The van der Waals surface area contributed by atoms with Crippen molar-refractivity contribution in [2.24, 2.45) is 5.92 Å². The Morgan fingerprint density at radius 3 is 2.31 bits per heavy atom. The summed E-state index contributed by atoms with van der Waals surface area (Å²) in [7, 11) is 1.61. The molecule has 1 fully saturated rings. The van der Waals surface area contributed by atoms with Crippen molar-refractivity contribution in [1.82, 2.24) is 0 Å². The summed E-state index contributed by atoms with van der Waals surface area (Å²) in [5, 5.41) is 8.89. The molecule has 3 rings (SSSR count). The molecule has 1 aliphatic carbocycles. The van der Waals surface area contributed by atoms with E-state index in [2.05, 4.69) is 16.0 Å². The van der Waals surface area contributed by atoms with Crippen molar-refractivity contribution in [2.75, 3.05) is 29.6 Å². The van der Waals surface area contributed by atoms with Gasteiger partial charge in [-0.05, 0) is 61.7 Å². The van der Waals surface area contributed by atoms with Gasteiger partial charge in [-0.25, -0.2) is 0 Å². The van der Waals surface area contributed by atoms with Crippen LogP contribution >= 0.6 is 0 Å². The topological polar surface area (TPSA) is 79.5 Å². The van der Waals surface area contributed by atoms with Gasteiger partial charge in [-0.15, -0.1) is 0 Å². The van der Waals surface area contributed by atoms with Crippen molar-refractivity contribution in [3.8, 4) is 5.75 Å². The second-order valence-electron chi connectivity index (χ2n) is 6.37. The average molecular weight is 353 g/mol. The fraction of sp³-hybridized carbons (Fsp3) is 0.300. The van der Waals surface area contributed by atoms with Crippen LogP contribution in [0.25, 0.3) is 0 Å². The van der Waals surface area contributed by atoms with Crippen LogP contribution in [0.2, 0.25) is 0 Å². The van der Waals surface area contributed by atoms with E-state index in [9.17, 15) is 9.59 Å². The number of carbonyl (C=O) groups excluding carboxylic acids is 2. The lowest BCUT2D eigenvalue weighted by atomic mass is 10.1. The van der Waals surface area contributed by atoms with Gasteiger partial charge >= 0.3 is 0 Å². The Labute approximate surface area is 152 Å². The summed E-state index contributed by atoms with van der Waals surface area (Å²) in [4.78, 5) is 24.2. The second kappa shape index (κ2) is 7.91. The van der Waals surface area contributed by atoms with Crippen LogP contribution in [0.15, 0.2) is 42.5 Å². The molecule has 2 aromatic rings. The minimum Gasteiger partial charge on any atom is -0.497 e. The van der Waals surface area contributed by atoms with Crippen molar-refractivity contribution in [1.29, 1.82) is 0 Å². The maximum atomic E-state index is 12.2. The summed E-state index contributed by atoms with van der Waals surface area (Å²) in [6.07, 6.45) is 1.91. The van der Waals surface area contributed by atoms with Gasteiger partial charge in [0, 0.05) is 23.0 Å². The number of ether oxygens (including phenoxy) is 1. The van der Waals surface area contributed by atoms with Gasteiger partial charge in [0.05, 0.1) is 13.7 Å². The van der Waals surface area contributed by atoms with Crippen molar-refractivity contribution in [3.63, 3.8) is 0 Å². The lowest BCUT2D eigenvalue weighted by Crippen LogP contribution is -2.22. The fourth-order valence-electron chi connectivity index (χ4n) is 2.57. The predicted octanol–water partition coefficient (Wildman–Crippen LogP) is 3.40. The molecular formula is C20H23N3O3. The Morgan fingerprint density at radius 1 is 1.04 bits per heavy atom. The smallest absolute Gasteiger partial charge is 0.243 e. The highest BCUT2D eigenvalue weighted by Crippen LogP contribution is 2.31. The van der Waals surface area contributed by atoms with E-state index >= 15 is 0 Å². The Morgan fingerprint density at radius 2 is 1.69 bits per heavy atom. The number of rotatable bonds is 7. The van der Waals surface area contributed by atoms with Crippen LogP contribution in [0, 0.1) is 12.8 Å². The van der Waals surface area contributed by atoms with Crippen LogP contribution in [0.5, 0.6) is 5.75 Å². The first-order valence-corrected chi connectivity index (χ1v) is 8.65. The number of methoxy groups -OCH3 is 1. The molecule has 0 atom stereocenters. The molecule has 1 saturated carbocycles. The van der Waals surface area contributed by atoms with Crippen LogP contribution in [-0.2, 0) is 9.59 Å². The molecule has 0 bridgehead atoms. The molecule has 0 saturated heterocycles. The van der Waals surface area contributed by atoms with Gasteiger partial charge in [0.1, 0.15) is 5.75 Å². The van der Waals surface area contributed by atoms with Crippen molar-refractivity contribution in [3.05, 3.63) is 48.0 Å². The Hall–Kier alpha value is -3.02. The summed E-state index contributed by atoms with van der Waals surface area (Å²) in [6, 6.07) is 12.9. The van der Waals surface area contributed by atoms with E-state index in [1.165, 1.54) is 0 Å². The van der Waals surface area contributed by atoms with E-state index in [0.717, 1.165) is 35.5 Å². The number of anilines is 3. The number of amides is 2. The average Bonchev–Trinajstić information content (AvgIpc) is 3.49. The zero-order valence-electron chi connectivity index (χ0n) is 15.0. The normalized spacial score (nSPS) is 13.0. The third-order valence-corrected chi connectivity index (χ3v) is 4.36. The first kappa shape index (κ1) is 17.8. The molecular weight excluding hydrogens is 330 g/mol. The highest BCUT2D eigenvalue weighted by Gasteiger charge is 2.29. The third kappa shape index (κ3) is 4.53. The van der Waals surface area contributed by atoms with E-state index in [-0.39, 0.29) is 24.3 Å². The summed E-state index contributed by atoms with van der Waals surface area (Å²) < 4.78 is 5.11. The molecule has 136 valence electrons. The lowest BCUT2D eigenvalue weighted by Gasteiger charge is -2.14. The van der Waals surface area contributed by atoms with Gasteiger partial charge in [-0.3, -0.25) is 9.59 Å². The van der Waals surface area contributed by atoms with Crippen LogP contribution in [-0.4, -0.2) is 25.5 Å². The molecule has 6 heteroatoms. The first-order valence-electron chi connectivity index (χ1n) is 8.65. The molecule has 0 spiro atoms. The van der Waals surface area contributed by atoms with Crippen molar-refractivity contribution >= 4 is 28.9 Å². The standard InChI is InChI=1S/C20H23N3O3/c1-13-17(4-3-5-18(13)23-20(25)14-6-7-14)22-19(24)12-21-15-8-10-16(26-2)11-9-15/h3-5,8-11,14,21H,6-7,12H2,1-2H3,(H,22,24)(H,23,25). The van der Waals surface area contributed by atoms with E-state index in [0.29, 0.717) is 5.69 Å². The molecule has 2 amide bonds. The molecule has 0 radical (unpaired) electrons. The highest BCUT2D eigenvalue weighted by atomic mass is 16.5. The van der Waals surface area contributed by atoms with Gasteiger partial charge in [0.25, 0.3) is 0 Å². The van der Waals surface area contributed by atoms with Gasteiger partial charge in [-0.1, -0.05) is 6.07 Å². The van der Waals surface area contributed by atoms with E-state index < -0.39 is 0 Å². The number of nitrogens with one attached hydrogen (secondary N) is 3. The van der Waals surface area contributed by atoms with Gasteiger partial charge in [0.15, 0.2) is 0 Å². The maximum Gasteiger partial charge on any atom is 0.243 e. The molecule has 2 aromatic carbocycles. The number of hydrogen-bond acceptors (Lipinski definition) is 4. The quantitative estimate of drug-likeness (QED) is 0.713.